The third kappa shape index (κ3) is 2.73. The van der Waals surface area contributed by atoms with Crippen LogP contribution in [-0.4, -0.2) is 41.9 Å². The lowest BCUT2D eigenvalue weighted by Crippen LogP contribution is -2.33. The minimum Gasteiger partial charge on any atom is -0.337 e. The molecule has 0 spiro atoms. The normalized spacial score (nSPS) is 18.6. The van der Waals surface area contributed by atoms with E-state index in [1.165, 1.54) is 12.1 Å². The van der Waals surface area contributed by atoms with Crippen LogP contribution in [0.2, 0.25) is 0 Å². The van der Waals surface area contributed by atoms with Gasteiger partial charge in [-0.25, -0.2) is 0 Å². The second-order valence-electron chi connectivity index (χ2n) is 4.78. The van der Waals surface area contributed by atoms with Crippen molar-refractivity contribution < 1.29 is 9.72 Å². The fraction of sp³-hybridized carbons (Fsp3) is 0.462. The minimum atomic E-state index is -0.450. The maximum absolute atomic E-state index is 12.3. The Balaban J connectivity index is 2.18. The highest BCUT2D eigenvalue weighted by Crippen LogP contribution is 2.20. The molecule has 6 heteroatoms. The van der Waals surface area contributed by atoms with E-state index >= 15 is 0 Å². The first-order chi connectivity index (χ1) is 9.02. The molecule has 2 rings (SSSR count). The lowest BCUT2D eigenvalue weighted by molar-refractivity contribution is -0.384. The maximum Gasteiger partial charge on any atom is 0.269 e. The van der Waals surface area contributed by atoms with Gasteiger partial charge >= 0.3 is 0 Å². The molecular weight excluding hydrogens is 246 g/mol. The number of amides is 1. The van der Waals surface area contributed by atoms with Crippen molar-refractivity contribution in [1.82, 2.24) is 10.2 Å². The third-order valence-corrected chi connectivity index (χ3v) is 3.53. The lowest BCUT2D eigenvalue weighted by Gasteiger charge is -2.17. The number of aryl methyl sites for hydroxylation is 1. The summed E-state index contributed by atoms with van der Waals surface area (Å²) in [6.45, 7) is 3.14. The molecule has 0 bridgehead atoms. The van der Waals surface area contributed by atoms with E-state index in [9.17, 15) is 14.9 Å². The first kappa shape index (κ1) is 13.5. The topological polar surface area (TPSA) is 75.5 Å². The summed E-state index contributed by atoms with van der Waals surface area (Å²) in [4.78, 5) is 24.3. The molecule has 1 saturated heterocycles. The molecule has 1 fully saturated rings. The largest absolute Gasteiger partial charge is 0.337 e. The SMILES string of the molecule is CNC1CCN(C(=O)c2ccc([N+](=O)[O-])cc2C)C1. The summed E-state index contributed by atoms with van der Waals surface area (Å²) in [7, 11) is 1.88. The number of rotatable bonds is 3. The molecule has 1 atom stereocenters. The van der Waals surface area contributed by atoms with Crippen molar-refractivity contribution in [1.29, 1.82) is 0 Å². The number of hydrogen-bond acceptors (Lipinski definition) is 4. The van der Waals surface area contributed by atoms with Crippen LogP contribution >= 0.6 is 0 Å². The standard InChI is InChI=1S/C13H17N3O3/c1-9-7-11(16(18)19)3-4-12(9)13(17)15-6-5-10(8-15)14-2/h3-4,7,10,14H,5-6,8H2,1-2H3. The van der Waals surface area contributed by atoms with Crippen LogP contribution in [0.3, 0.4) is 0 Å². The van der Waals surface area contributed by atoms with Gasteiger partial charge in [-0.15, -0.1) is 0 Å². The molecule has 1 heterocycles. The molecule has 6 nitrogen and oxygen atoms in total. The van der Waals surface area contributed by atoms with Crippen molar-refractivity contribution in [2.75, 3.05) is 20.1 Å². The van der Waals surface area contributed by atoms with Crippen LogP contribution < -0.4 is 5.32 Å². The van der Waals surface area contributed by atoms with Gasteiger partial charge in [-0.05, 0) is 32.0 Å². The van der Waals surface area contributed by atoms with Gasteiger partial charge in [-0.2, -0.15) is 0 Å². The molecule has 1 aromatic carbocycles. The minimum absolute atomic E-state index is 0.0172. The Morgan fingerprint density at radius 2 is 2.26 bits per heavy atom. The number of nitrogens with one attached hydrogen (secondary N) is 1. The van der Waals surface area contributed by atoms with Crippen molar-refractivity contribution in [3.8, 4) is 0 Å². The summed E-state index contributed by atoms with van der Waals surface area (Å²) < 4.78 is 0. The Morgan fingerprint density at radius 1 is 1.53 bits per heavy atom. The molecule has 0 aromatic heterocycles. The number of carbonyl (C=O) groups is 1. The average Bonchev–Trinajstić information content (AvgIpc) is 2.86. The molecule has 102 valence electrons. The first-order valence-electron chi connectivity index (χ1n) is 6.24. The van der Waals surface area contributed by atoms with Crippen molar-refractivity contribution in [3.63, 3.8) is 0 Å². The van der Waals surface area contributed by atoms with Gasteiger partial charge in [0, 0.05) is 36.8 Å². The monoisotopic (exact) mass is 263 g/mol. The number of nitro benzene ring substituents is 1. The second kappa shape index (κ2) is 5.36. The van der Waals surface area contributed by atoms with Gasteiger partial charge in [-0.3, -0.25) is 14.9 Å². The molecule has 1 aromatic rings. The number of likely N-dealkylation sites (tertiary alicyclic amines) is 1. The zero-order valence-corrected chi connectivity index (χ0v) is 11.0. The van der Waals surface area contributed by atoms with Gasteiger partial charge in [0.25, 0.3) is 11.6 Å². The smallest absolute Gasteiger partial charge is 0.269 e. The van der Waals surface area contributed by atoms with Crippen LogP contribution in [0, 0.1) is 17.0 Å². The van der Waals surface area contributed by atoms with E-state index in [1.54, 1.807) is 17.9 Å². The summed E-state index contributed by atoms with van der Waals surface area (Å²) in [5.74, 6) is -0.0508. The summed E-state index contributed by atoms with van der Waals surface area (Å²) in [5, 5.41) is 13.8. The molecule has 0 aliphatic carbocycles. The lowest BCUT2D eigenvalue weighted by atomic mass is 10.1. The highest BCUT2D eigenvalue weighted by atomic mass is 16.6. The Hall–Kier alpha value is -1.95. The summed E-state index contributed by atoms with van der Waals surface area (Å²) >= 11 is 0. The van der Waals surface area contributed by atoms with Gasteiger partial charge in [0.05, 0.1) is 4.92 Å². The number of nitrogens with zero attached hydrogens (tertiary/aromatic N) is 2. The van der Waals surface area contributed by atoms with Crippen LogP contribution in [0.15, 0.2) is 18.2 Å². The van der Waals surface area contributed by atoms with Crippen LogP contribution in [0.25, 0.3) is 0 Å². The van der Waals surface area contributed by atoms with Gasteiger partial charge in [0.2, 0.25) is 0 Å². The van der Waals surface area contributed by atoms with Crippen LogP contribution in [0.4, 0.5) is 5.69 Å². The van der Waals surface area contributed by atoms with E-state index in [4.69, 9.17) is 0 Å². The molecule has 0 radical (unpaired) electrons. The third-order valence-electron chi connectivity index (χ3n) is 3.53. The number of carbonyl (C=O) groups excluding carboxylic acids is 1. The van der Waals surface area contributed by atoms with Crippen LogP contribution in [0.5, 0.6) is 0 Å². The highest BCUT2D eigenvalue weighted by Gasteiger charge is 2.27. The number of nitro groups is 1. The van der Waals surface area contributed by atoms with Gasteiger partial charge in [-0.1, -0.05) is 0 Å². The molecule has 0 saturated carbocycles. The fourth-order valence-electron chi connectivity index (χ4n) is 2.35. The fourth-order valence-corrected chi connectivity index (χ4v) is 2.35. The highest BCUT2D eigenvalue weighted by molar-refractivity contribution is 5.96. The quantitative estimate of drug-likeness (QED) is 0.659. The van der Waals surface area contributed by atoms with Crippen LogP contribution in [0.1, 0.15) is 22.3 Å². The molecule has 19 heavy (non-hydrogen) atoms. The van der Waals surface area contributed by atoms with Gasteiger partial charge < -0.3 is 10.2 Å². The van der Waals surface area contributed by atoms with E-state index in [2.05, 4.69) is 5.32 Å². The molecule has 1 unspecified atom stereocenters. The van der Waals surface area contributed by atoms with Crippen molar-refractivity contribution in [2.24, 2.45) is 0 Å². The van der Waals surface area contributed by atoms with E-state index < -0.39 is 4.92 Å². The first-order valence-corrected chi connectivity index (χ1v) is 6.24. The molecule has 1 amide bonds. The Labute approximate surface area is 111 Å². The Kier molecular flexibility index (Phi) is 3.80. The zero-order valence-electron chi connectivity index (χ0n) is 11.0. The van der Waals surface area contributed by atoms with E-state index in [1.807, 2.05) is 7.05 Å². The van der Waals surface area contributed by atoms with Crippen molar-refractivity contribution in [3.05, 3.63) is 39.4 Å². The Morgan fingerprint density at radius 3 is 2.79 bits per heavy atom. The van der Waals surface area contributed by atoms with Gasteiger partial charge in [0.1, 0.15) is 0 Å². The average molecular weight is 263 g/mol. The molecule has 1 aliphatic heterocycles. The number of likely N-dealkylation sites (N-methyl/N-ethyl adjacent to an activating group) is 1. The zero-order chi connectivity index (χ0) is 14.0. The van der Waals surface area contributed by atoms with E-state index in [0.717, 1.165) is 13.0 Å². The van der Waals surface area contributed by atoms with E-state index in [-0.39, 0.29) is 11.6 Å². The van der Waals surface area contributed by atoms with E-state index in [0.29, 0.717) is 23.7 Å². The summed E-state index contributed by atoms with van der Waals surface area (Å²) in [6.07, 6.45) is 0.939. The number of benzene rings is 1. The van der Waals surface area contributed by atoms with Crippen LogP contribution in [-0.2, 0) is 0 Å². The molecular formula is C13H17N3O3. The number of non-ortho nitro benzene ring substituents is 1. The summed E-state index contributed by atoms with van der Waals surface area (Å²) in [6, 6.07) is 4.70. The molecule has 1 N–H and O–H groups in total. The predicted molar refractivity (Wildman–Crippen MR) is 71.2 cm³/mol. The van der Waals surface area contributed by atoms with Crippen molar-refractivity contribution in [2.45, 2.75) is 19.4 Å². The predicted octanol–water partition coefficient (Wildman–Crippen LogP) is 1.34. The second-order valence-corrected chi connectivity index (χ2v) is 4.78. The number of hydrogen-bond donors (Lipinski definition) is 1. The van der Waals surface area contributed by atoms with Gasteiger partial charge in [0.15, 0.2) is 0 Å². The maximum atomic E-state index is 12.3. The van der Waals surface area contributed by atoms with Crippen molar-refractivity contribution >= 4 is 11.6 Å². The Bertz CT molecular complexity index is 516. The molecule has 1 aliphatic rings. The summed E-state index contributed by atoms with van der Waals surface area (Å²) in [5.41, 5.74) is 1.21.